The lowest BCUT2D eigenvalue weighted by Gasteiger charge is -2.14. The molecule has 0 bridgehead atoms. The smallest absolute Gasteiger partial charge is 0.0638 e. The Morgan fingerprint density at radius 3 is 2.14 bits per heavy atom. The van der Waals surface area contributed by atoms with Gasteiger partial charge in [0.15, 0.2) is 0 Å². The van der Waals surface area contributed by atoms with E-state index in [0.717, 1.165) is 18.5 Å². The van der Waals surface area contributed by atoms with Crippen molar-refractivity contribution in [2.24, 2.45) is 0 Å². The predicted molar refractivity (Wildman–Crippen MR) is 61.7 cm³/mol. The number of rotatable bonds is 0. The first kappa shape index (κ1) is 9.85. The normalized spacial score (nSPS) is 16.9. The topological polar surface area (TPSA) is 26.0 Å². The summed E-state index contributed by atoms with van der Waals surface area (Å²) in [6.07, 6.45) is 7.59. The summed E-state index contributed by atoms with van der Waals surface area (Å²) in [7, 11) is 0. The Hall–Kier alpha value is -0.690. The van der Waals surface area contributed by atoms with Crippen molar-refractivity contribution in [1.29, 1.82) is 0 Å². The van der Waals surface area contributed by atoms with Crippen LogP contribution in [0, 0.1) is 0 Å². The molecule has 2 heteroatoms. The second-order valence-electron chi connectivity index (χ2n) is 4.06. The highest BCUT2D eigenvalue weighted by Crippen LogP contribution is 2.27. The molecule has 0 saturated carbocycles. The number of halogens is 1. The van der Waals surface area contributed by atoms with Gasteiger partial charge in [0, 0.05) is 0 Å². The SMILES string of the molecule is Nc1cc2c(cc1Cl)CCCCCC2. The first-order valence-electron chi connectivity index (χ1n) is 5.34. The largest absolute Gasteiger partial charge is 0.398 e. The van der Waals surface area contributed by atoms with Crippen LogP contribution in [0.4, 0.5) is 5.69 Å². The maximum absolute atomic E-state index is 6.01. The molecule has 76 valence electrons. The summed E-state index contributed by atoms with van der Waals surface area (Å²) in [5, 5.41) is 0.712. The van der Waals surface area contributed by atoms with Crippen LogP contribution >= 0.6 is 11.6 Å². The molecule has 0 radical (unpaired) electrons. The first-order valence-corrected chi connectivity index (χ1v) is 5.72. The van der Waals surface area contributed by atoms with Crippen LogP contribution in [-0.2, 0) is 12.8 Å². The van der Waals surface area contributed by atoms with Gasteiger partial charge in [0.1, 0.15) is 0 Å². The number of benzene rings is 1. The average Bonchev–Trinajstić information content (AvgIpc) is 2.13. The Kier molecular flexibility index (Phi) is 2.97. The summed E-state index contributed by atoms with van der Waals surface area (Å²) in [5.41, 5.74) is 9.35. The summed E-state index contributed by atoms with van der Waals surface area (Å²) >= 11 is 6.01. The van der Waals surface area contributed by atoms with Gasteiger partial charge in [-0.3, -0.25) is 0 Å². The number of nitrogen functional groups attached to an aromatic ring is 1. The van der Waals surface area contributed by atoms with Gasteiger partial charge in [0.2, 0.25) is 0 Å². The van der Waals surface area contributed by atoms with Crippen molar-refractivity contribution in [3.8, 4) is 0 Å². The first-order chi connectivity index (χ1) is 6.77. The van der Waals surface area contributed by atoms with Crippen LogP contribution in [0.5, 0.6) is 0 Å². The highest BCUT2D eigenvalue weighted by molar-refractivity contribution is 6.33. The quantitative estimate of drug-likeness (QED) is 0.650. The van der Waals surface area contributed by atoms with Gasteiger partial charge in [-0.15, -0.1) is 0 Å². The highest BCUT2D eigenvalue weighted by atomic mass is 35.5. The molecule has 1 aromatic rings. The Morgan fingerprint density at radius 2 is 1.50 bits per heavy atom. The van der Waals surface area contributed by atoms with E-state index in [1.165, 1.54) is 36.8 Å². The number of nitrogens with two attached hydrogens (primary N) is 1. The highest BCUT2D eigenvalue weighted by Gasteiger charge is 2.09. The van der Waals surface area contributed by atoms with E-state index in [0.29, 0.717) is 5.02 Å². The van der Waals surface area contributed by atoms with E-state index in [-0.39, 0.29) is 0 Å². The lowest BCUT2D eigenvalue weighted by molar-refractivity contribution is 0.617. The van der Waals surface area contributed by atoms with Crippen molar-refractivity contribution < 1.29 is 0 Å². The summed E-state index contributed by atoms with van der Waals surface area (Å²) in [5.74, 6) is 0. The van der Waals surface area contributed by atoms with Crippen LogP contribution < -0.4 is 5.73 Å². The molecule has 0 amide bonds. The summed E-state index contributed by atoms with van der Waals surface area (Å²) in [6, 6.07) is 4.11. The minimum absolute atomic E-state index is 0.712. The third-order valence-electron chi connectivity index (χ3n) is 2.96. The van der Waals surface area contributed by atoms with E-state index in [9.17, 15) is 0 Å². The Bertz CT molecular complexity index is 300. The molecule has 0 aromatic heterocycles. The zero-order chi connectivity index (χ0) is 9.97. The number of hydrogen-bond donors (Lipinski definition) is 1. The lowest BCUT2D eigenvalue weighted by atomic mass is 9.93. The number of hydrogen-bond acceptors (Lipinski definition) is 1. The maximum atomic E-state index is 6.01. The van der Waals surface area contributed by atoms with E-state index in [1.807, 2.05) is 0 Å². The average molecular weight is 210 g/mol. The molecule has 0 atom stereocenters. The summed E-state index contributed by atoms with van der Waals surface area (Å²) in [4.78, 5) is 0. The maximum Gasteiger partial charge on any atom is 0.0638 e. The lowest BCUT2D eigenvalue weighted by Crippen LogP contribution is -2.01. The van der Waals surface area contributed by atoms with E-state index in [4.69, 9.17) is 17.3 Å². The molecule has 0 saturated heterocycles. The second-order valence-corrected chi connectivity index (χ2v) is 4.46. The monoisotopic (exact) mass is 209 g/mol. The third kappa shape index (κ3) is 2.03. The van der Waals surface area contributed by atoms with Crippen molar-refractivity contribution in [2.75, 3.05) is 5.73 Å². The van der Waals surface area contributed by atoms with Gasteiger partial charge in [0.05, 0.1) is 10.7 Å². The molecule has 0 unspecified atom stereocenters. The molecule has 1 aliphatic rings. The number of fused-ring (bicyclic) bond motifs is 1. The van der Waals surface area contributed by atoms with E-state index in [2.05, 4.69) is 12.1 Å². The Morgan fingerprint density at radius 1 is 0.929 bits per heavy atom. The zero-order valence-electron chi connectivity index (χ0n) is 8.35. The second kappa shape index (κ2) is 4.22. The fourth-order valence-corrected chi connectivity index (χ4v) is 2.31. The van der Waals surface area contributed by atoms with Crippen molar-refractivity contribution in [2.45, 2.75) is 38.5 Å². The van der Waals surface area contributed by atoms with Crippen LogP contribution in [-0.4, -0.2) is 0 Å². The predicted octanol–water partition coefficient (Wildman–Crippen LogP) is 3.58. The minimum Gasteiger partial charge on any atom is -0.398 e. The number of aryl methyl sites for hydroxylation is 2. The van der Waals surface area contributed by atoms with Crippen LogP contribution in [0.25, 0.3) is 0 Å². The van der Waals surface area contributed by atoms with Gasteiger partial charge in [-0.05, 0) is 48.9 Å². The van der Waals surface area contributed by atoms with Crippen molar-refractivity contribution in [1.82, 2.24) is 0 Å². The van der Waals surface area contributed by atoms with Gasteiger partial charge in [-0.1, -0.05) is 24.4 Å². The van der Waals surface area contributed by atoms with Gasteiger partial charge in [-0.2, -0.15) is 0 Å². The summed E-state index contributed by atoms with van der Waals surface area (Å²) in [6.45, 7) is 0. The molecule has 0 heterocycles. The van der Waals surface area contributed by atoms with Gasteiger partial charge >= 0.3 is 0 Å². The fraction of sp³-hybridized carbons (Fsp3) is 0.500. The Balaban J connectivity index is 2.35. The molecule has 1 aliphatic carbocycles. The zero-order valence-corrected chi connectivity index (χ0v) is 9.11. The van der Waals surface area contributed by atoms with Crippen LogP contribution in [0.3, 0.4) is 0 Å². The van der Waals surface area contributed by atoms with Crippen molar-refractivity contribution in [3.05, 3.63) is 28.3 Å². The van der Waals surface area contributed by atoms with Crippen LogP contribution in [0.15, 0.2) is 12.1 Å². The Labute approximate surface area is 90.3 Å². The molecular formula is C12H16ClN. The van der Waals surface area contributed by atoms with Crippen LogP contribution in [0.2, 0.25) is 5.02 Å². The van der Waals surface area contributed by atoms with Crippen molar-refractivity contribution in [3.63, 3.8) is 0 Å². The molecular weight excluding hydrogens is 194 g/mol. The van der Waals surface area contributed by atoms with Gasteiger partial charge < -0.3 is 5.73 Å². The standard InChI is InChI=1S/C12H16ClN/c13-11-7-9-5-3-1-2-4-6-10(9)8-12(11)14/h7-8H,1-6,14H2. The fourth-order valence-electron chi connectivity index (χ4n) is 2.13. The van der Waals surface area contributed by atoms with E-state index >= 15 is 0 Å². The molecule has 0 spiro atoms. The van der Waals surface area contributed by atoms with E-state index < -0.39 is 0 Å². The molecule has 2 N–H and O–H groups in total. The van der Waals surface area contributed by atoms with Gasteiger partial charge in [-0.25, -0.2) is 0 Å². The third-order valence-corrected chi connectivity index (χ3v) is 3.29. The molecule has 14 heavy (non-hydrogen) atoms. The number of anilines is 1. The molecule has 0 aliphatic heterocycles. The molecule has 2 rings (SSSR count). The van der Waals surface area contributed by atoms with Crippen molar-refractivity contribution >= 4 is 17.3 Å². The van der Waals surface area contributed by atoms with E-state index in [1.54, 1.807) is 0 Å². The molecule has 1 nitrogen and oxygen atoms in total. The van der Waals surface area contributed by atoms with Crippen LogP contribution in [0.1, 0.15) is 36.8 Å². The molecule has 0 fully saturated rings. The summed E-state index contributed by atoms with van der Waals surface area (Å²) < 4.78 is 0. The minimum atomic E-state index is 0.712. The van der Waals surface area contributed by atoms with Gasteiger partial charge in [0.25, 0.3) is 0 Å². The molecule has 1 aromatic carbocycles.